The van der Waals surface area contributed by atoms with Gasteiger partial charge in [0.1, 0.15) is 17.4 Å². The summed E-state index contributed by atoms with van der Waals surface area (Å²) in [5.74, 6) is 2.09. The van der Waals surface area contributed by atoms with Crippen LogP contribution in [-0.2, 0) is 4.79 Å². The van der Waals surface area contributed by atoms with Gasteiger partial charge in [0.05, 0.1) is 11.3 Å². The maximum atomic E-state index is 13.0. The van der Waals surface area contributed by atoms with Gasteiger partial charge in [0.25, 0.3) is 0 Å². The summed E-state index contributed by atoms with van der Waals surface area (Å²) in [6, 6.07) is 7.05. The normalized spacial score (nSPS) is 16.7. The molecule has 7 nitrogen and oxygen atoms in total. The summed E-state index contributed by atoms with van der Waals surface area (Å²) in [6.45, 7) is 8.72. The molecule has 3 heterocycles. The fourth-order valence-corrected chi connectivity index (χ4v) is 4.00. The molecule has 0 aliphatic carbocycles. The maximum absolute atomic E-state index is 13.0. The van der Waals surface area contributed by atoms with Crippen LogP contribution in [-0.4, -0.2) is 34.7 Å². The van der Waals surface area contributed by atoms with Crippen LogP contribution >= 0.6 is 0 Å². The summed E-state index contributed by atoms with van der Waals surface area (Å²) >= 11 is 0. The molecule has 1 saturated heterocycles. The molecule has 4 rings (SSSR count). The minimum Gasteiger partial charge on any atom is -0.443 e. The predicted octanol–water partition coefficient (Wildman–Crippen LogP) is 4.21. The summed E-state index contributed by atoms with van der Waals surface area (Å²) in [5, 5.41) is 3.90. The third kappa shape index (κ3) is 3.79. The van der Waals surface area contributed by atoms with Crippen molar-refractivity contribution in [2.24, 2.45) is 5.92 Å². The number of nitrogens with one attached hydrogen (secondary N) is 1. The Kier molecular flexibility index (Phi) is 5.28. The molecular formula is C23H26N4O3. The number of amides is 1. The van der Waals surface area contributed by atoms with Crippen LogP contribution in [0.2, 0.25) is 0 Å². The topological polar surface area (TPSA) is 88.3 Å². The zero-order valence-corrected chi connectivity index (χ0v) is 17.8. The van der Waals surface area contributed by atoms with Crippen LogP contribution in [0.15, 0.2) is 28.7 Å². The number of carbonyl (C=O) groups is 2. The molecule has 1 amide bonds. The van der Waals surface area contributed by atoms with E-state index in [0.717, 1.165) is 41.9 Å². The Morgan fingerprint density at radius 1 is 1.20 bits per heavy atom. The monoisotopic (exact) mass is 406 g/mol. The molecule has 1 aromatic carbocycles. The Morgan fingerprint density at radius 3 is 2.77 bits per heavy atom. The number of aryl methyl sites for hydroxylation is 3. The lowest BCUT2D eigenvalue weighted by atomic mass is 9.96. The van der Waals surface area contributed by atoms with E-state index in [1.54, 1.807) is 24.3 Å². The molecule has 0 radical (unpaired) electrons. The van der Waals surface area contributed by atoms with Gasteiger partial charge in [0, 0.05) is 29.9 Å². The van der Waals surface area contributed by atoms with Crippen molar-refractivity contribution < 1.29 is 14.0 Å². The molecule has 7 heteroatoms. The van der Waals surface area contributed by atoms with E-state index in [2.05, 4.69) is 15.2 Å². The summed E-state index contributed by atoms with van der Waals surface area (Å²) in [7, 11) is 0. The van der Waals surface area contributed by atoms with Gasteiger partial charge in [-0.3, -0.25) is 9.59 Å². The number of Topliss-reactive ketones (excluding diaryl/α,β-unsaturated/α-hetero) is 1. The summed E-state index contributed by atoms with van der Waals surface area (Å²) in [4.78, 5) is 35.9. The smallest absolute Gasteiger partial charge is 0.231 e. The lowest BCUT2D eigenvalue weighted by molar-refractivity contribution is -0.120. The highest BCUT2D eigenvalue weighted by molar-refractivity contribution is 5.98. The molecule has 1 atom stereocenters. The zero-order chi connectivity index (χ0) is 21.4. The van der Waals surface area contributed by atoms with Crippen molar-refractivity contribution >= 4 is 34.3 Å². The third-order valence-corrected chi connectivity index (χ3v) is 5.75. The van der Waals surface area contributed by atoms with Gasteiger partial charge < -0.3 is 14.6 Å². The number of ketones is 1. The summed E-state index contributed by atoms with van der Waals surface area (Å²) in [5.41, 5.74) is 2.86. The number of piperidine rings is 1. The lowest BCUT2D eigenvalue weighted by Crippen LogP contribution is -2.41. The number of benzene rings is 1. The number of rotatable bonds is 4. The van der Waals surface area contributed by atoms with Gasteiger partial charge in [0.15, 0.2) is 5.78 Å². The molecule has 2 aromatic heterocycles. The molecule has 0 unspecified atom stereocenters. The van der Waals surface area contributed by atoms with Crippen molar-refractivity contribution in [3.8, 4) is 0 Å². The van der Waals surface area contributed by atoms with Crippen molar-refractivity contribution in [1.29, 1.82) is 0 Å². The Hall–Kier alpha value is -3.22. The van der Waals surface area contributed by atoms with Crippen LogP contribution in [0, 0.1) is 26.7 Å². The van der Waals surface area contributed by atoms with Crippen LogP contribution in [0.3, 0.4) is 0 Å². The molecule has 0 saturated carbocycles. The van der Waals surface area contributed by atoms with Crippen LogP contribution < -0.4 is 10.2 Å². The fourth-order valence-electron chi connectivity index (χ4n) is 4.00. The highest BCUT2D eigenvalue weighted by Crippen LogP contribution is 2.33. The number of aromatic nitrogens is 2. The minimum absolute atomic E-state index is 0.0242. The Bertz CT molecular complexity index is 1130. The average molecular weight is 406 g/mol. The minimum atomic E-state index is -0.168. The molecule has 0 bridgehead atoms. The first-order valence-corrected chi connectivity index (χ1v) is 10.2. The van der Waals surface area contributed by atoms with Gasteiger partial charge in [-0.1, -0.05) is 12.1 Å². The number of nitrogens with zero attached hydrogens (tertiary/aromatic N) is 3. The molecule has 3 aromatic rings. The van der Waals surface area contributed by atoms with Gasteiger partial charge in [-0.05, 0) is 52.7 Å². The Labute approximate surface area is 175 Å². The first-order chi connectivity index (χ1) is 14.3. The van der Waals surface area contributed by atoms with Gasteiger partial charge in [-0.15, -0.1) is 0 Å². The van der Waals surface area contributed by atoms with Gasteiger partial charge >= 0.3 is 0 Å². The van der Waals surface area contributed by atoms with Gasteiger partial charge in [0.2, 0.25) is 11.6 Å². The van der Waals surface area contributed by atoms with E-state index in [-0.39, 0.29) is 17.6 Å². The molecule has 0 spiro atoms. The molecule has 1 fully saturated rings. The zero-order valence-electron chi connectivity index (χ0n) is 17.8. The number of fused-ring (bicyclic) bond motifs is 1. The van der Waals surface area contributed by atoms with Crippen molar-refractivity contribution in [1.82, 2.24) is 9.97 Å². The van der Waals surface area contributed by atoms with Crippen molar-refractivity contribution in [3.05, 3.63) is 47.0 Å². The number of carbonyl (C=O) groups excluding carboxylic acids is 2. The SMILES string of the molecule is CC(=O)c1cccc(NC(=O)[C@H]2CCCN(c3nc(C)nc4oc(C)c(C)c34)C2)c1. The number of hydrogen-bond acceptors (Lipinski definition) is 6. The van der Waals surface area contributed by atoms with Crippen LogP contribution in [0.25, 0.3) is 11.1 Å². The highest BCUT2D eigenvalue weighted by Gasteiger charge is 2.29. The van der Waals surface area contributed by atoms with E-state index >= 15 is 0 Å². The maximum Gasteiger partial charge on any atom is 0.231 e. The van der Waals surface area contributed by atoms with Gasteiger partial charge in [-0.25, -0.2) is 4.98 Å². The summed E-state index contributed by atoms with van der Waals surface area (Å²) in [6.07, 6.45) is 1.71. The Balaban J connectivity index is 1.57. The predicted molar refractivity (Wildman–Crippen MR) is 116 cm³/mol. The first kappa shape index (κ1) is 20.1. The van der Waals surface area contributed by atoms with Crippen molar-refractivity contribution in [2.75, 3.05) is 23.3 Å². The second-order valence-electron chi connectivity index (χ2n) is 7.97. The first-order valence-electron chi connectivity index (χ1n) is 10.2. The Morgan fingerprint density at radius 2 is 2.00 bits per heavy atom. The van der Waals surface area contributed by atoms with Crippen LogP contribution in [0.4, 0.5) is 11.5 Å². The van der Waals surface area contributed by atoms with Crippen molar-refractivity contribution in [3.63, 3.8) is 0 Å². The number of anilines is 2. The number of furan rings is 1. The quantitative estimate of drug-likeness (QED) is 0.653. The largest absolute Gasteiger partial charge is 0.443 e. The fraction of sp³-hybridized carbons (Fsp3) is 0.391. The third-order valence-electron chi connectivity index (χ3n) is 5.75. The lowest BCUT2D eigenvalue weighted by Gasteiger charge is -2.33. The second-order valence-corrected chi connectivity index (χ2v) is 7.97. The summed E-state index contributed by atoms with van der Waals surface area (Å²) < 4.78 is 5.81. The van der Waals surface area contributed by atoms with E-state index in [1.165, 1.54) is 6.92 Å². The second kappa shape index (κ2) is 7.89. The van der Waals surface area contributed by atoms with Crippen molar-refractivity contribution in [2.45, 2.75) is 40.5 Å². The molecule has 1 aliphatic rings. The molecule has 1 aliphatic heterocycles. The molecular weight excluding hydrogens is 380 g/mol. The van der Waals surface area contributed by atoms with E-state index in [0.29, 0.717) is 29.3 Å². The van der Waals surface area contributed by atoms with Crippen LogP contribution in [0.5, 0.6) is 0 Å². The molecule has 30 heavy (non-hydrogen) atoms. The van der Waals surface area contributed by atoms with Crippen LogP contribution in [0.1, 0.15) is 47.3 Å². The van der Waals surface area contributed by atoms with Gasteiger partial charge in [-0.2, -0.15) is 4.98 Å². The van der Waals surface area contributed by atoms with E-state index in [4.69, 9.17) is 9.40 Å². The average Bonchev–Trinajstić information content (AvgIpc) is 3.01. The molecule has 1 N–H and O–H groups in total. The van der Waals surface area contributed by atoms with E-state index in [9.17, 15) is 9.59 Å². The highest BCUT2D eigenvalue weighted by atomic mass is 16.3. The van der Waals surface area contributed by atoms with E-state index < -0.39 is 0 Å². The van der Waals surface area contributed by atoms with E-state index in [1.807, 2.05) is 20.8 Å². The molecule has 156 valence electrons. The standard InChI is InChI=1S/C23H26N4O3/c1-13-15(3)30-23-20(13)21(24-16(4)25-23)27-10-6-8-18(12-27)22(29)26-19-9-5-7-17(11-19)14(2)28/h5,7,9,11,18H,6,8,10,12H2,1-4H3,(H,26,29)/t18-/m0/s1. The number of hydrogen-bond donors (Lipinski definition) is 1.